The molecule has 0 unspecified atom stereocenters. The summed E-state index contributed by atoms with van der Waals surface area (Å²) < 4.78 is 0. The fourth-order valence-electron chi connectivity index (χ4n) is 2.30. The first-order valence-corrected chi connectivity index (χ1v) is 7.41. The van der Waals surface area contributed by atoms with E-state index in [1.54, 1.807) is 4.90 Å². The second-order valence-electron chi connectivity index (χ2n) is 5.24. The monoisotopic (exact) mass is 305 g/mol. The fraction of sp³-hybridized carbons (Fsp3) is 0.857. The summed E-state index contributed by atoms with van der Waals surface area (Å²) in [5.74, 6) is 0.0632. The van der Waals surface area contributed by atoms with Crippen LogP contribution in [0.4, 0.5) is 0 Å². The van der Waals surface area contributed by atoms with E-state index in [1.807, 2.05) is 13.8 Å². The number of nitrogens with one attached hydrogen (secondary N) is 2. The van der Waals surface area contributed by atoms with Gasteiger partial charge in [0.15, 0.2) is 0 Å². The second kappa shape index (κ2) is 10.9. The van der Waals surface area contributed by atoms with Crippen molar-refractivity contribution in [3.63, 3.8) is 0 Å². The summed E-state index contributed by atoms with van der Waals surface area (Å²) in [5, 5.41) is 6.11. The SMILES string of the molecule is CCN[C@H](C)CNC(=O)CN1CCCCCCC1=O.Cl. The Bertz CT molecular complexity index is 300. The van der Waals surface area contributed by atoms with Crippen molar-refractivity contribution < 1.29 is 9.59 Å². The highest BCUT2D eigenvalue weighted by molar-refractivity contribution is 5.85. The number of hydrogen-bond donors (Lipinski definition) is 2. The third-order valence-corrected chi connectivity index (χ3v) is 3.41. The zero-order valence-electron chi connectivity index (χ0n) is 12.6. The van der Waals surface area contributed by atoms with Crippen LogP contribution in [-0.2, 0) is 9.59 Å². The van der Waals surface area contributed by atoms with Crippen LogP contribution in [0.1, 0.15) is 46.0 Å². The number of carbonyl (C=O) groups is 2. The summed E-state index contributed by atoms with van der Waals surface area (Å²) >= 11 is 0. The first kappa shape index (κ1) is 19.2. The van der Waals surface area contributed by atoms with E-state index in [0.717, 1.165) is 38.8 Å². The van der Waals surface area contributed by atoms with Crippen molar-refractivity contribution >= 4 is 24.2 Å². The van der Waals surface area contributed by atoms with Crippen LogP contribution in [0.5, 0.6) is 0 Å². The van der Waals surface area contributed by atoms with E-state index in [4.69, 9.17) is 0 Å². The molecule has 0 aromatic carbocycles. The molecule has 0 saturated carbocycles. The quantitative estimate of drug-likeness (QED) is 0.778. The van der Waals surface area contributed by atoms with E-state index in [-0.39, 0.29) is 36.8 Å². The minimum absolute atomic E-state index is 0. The van der Waals surface area contributed by atoms with Crippen LogP contribution in [0.25, 0.3) is 0 Å². The van der Waals surface area contributed by atoms with Crippen LogP contribution in [0.15, 0.2) is 0 Å². The standard InChI is InChI=1S/C14H27N3O2.ClH/c1-3-15-12(2)10-16-13(18)11-17-9-7-5-4-6-8-14(17)19;/h12,15H,3-11H2,1-2H3,(H,16,18);1H/t12-;/m1./s1. The molecule has 1 atom stereocenters. The van der Waals surface area contributed by atoms with Crippen molar-refractivity contribution in [3.05, 3.63) is 0 Å². The Hall–Kier alpha value is -0.810. The van der Waals surface area contributed by atoms with E-state index < -0.39 is 0 Å². The molecular weight excluding hydrogens is 278 g/mol. The van der Waals surface area contributed by atoms with Crippen molar-refractivity contribution in [2.75, 3.05) is 26.2 Å². The summed E-state index contributed by atoms with van der Waals surface area (Å²) in [4.78, 5) is 25.4. The van der Waals surface area contributed by atoms with Gasteiger partial charge in [-0.1, -0.05) is 19.8 Å². The summed E-state index contributed by atoms with van der Waals surface area (Å²) in [5.41, 5.74) is 0. The van der Waals surface area contributed by atoms with Crippen LogP contribution < -0.4 is 10.6 Å². The normalized spacial score (nSPS) is 17.7. The van der Waals surface area contributed by atoms with Crippen molar-refractivity contribution in [3.8, 4) is 0 Å². The number of carbonyl (C=O) groups excluding carboxylic acids is 2. The third-order valence-electron chi connectivity index (χ3n) is 3.41. The summed E-state index contributed by atoms with van der Waals surface area (Å²) in [7, 11) is 0. The lowest BCUT2D eigenvalue weighted by Crippen LogP contribution is -2.45. The Kier molecular flexibility index (Phi) is 10.5. The number of likely N-dealkylation sites (tertiary alicyclic amines) is 1. The van der Waals surface area contributed by atoms with Gasteiger partial charge < -0.3 is 15.5 Å². The predicted octanol–water partition coefficient (Wildman–Crippen LogP) is 1.32. The molecule has 2 N–H and O–H groups in total. The molecule has 0 bridgehead atoms. The van der Waals surface area contributed by atoms with Crippen LogP contribution in [0.3, 0.4) is 0 Å². The molecule has 0 aliphatic carbocycles. The minimum atomic E-state index is -0.0568. The van der Waals surface area contributed by atoms with Gasteiger partial charge in [0.2, 0.25) is 11.8 Å². The minimum Gasteiger partial charge on any atom is -0.353 e. The Balaban J connectivity index is 0.00000361. The number of likely N-dealkylation sites (N-methyl/N-ethyl adjacent to an activating group) is 1. The molecule has 5 nitrogen and oxygen atoms in total. The van der Waals surface area contributed by atoms with Crippen molar-refractivity contribution in [2.45, 2.75) is 52.0 Å². The van der Waals surface area contributed by atoms with E-state index in [0.29, 0.717) is 13.0 Å². The van der Waals surface area contributed by atoms with E-state index >= 15 is 0 Å². The van der Waals surface area contributed by atoms with Crippen molar-refractivity contribution in [1.29, 1.82) is 0 Å². The Morgan fingerprint density at radius 3 is 2.70 bits per heavy atom. The number of amides is 2. The lowest BCUT2D eigenvalue weighted by molar-refractivity contribution is -0.136. The van der Waals surface area contributed by atoms with Crippen LogP contribution in [0, 0.1) is 0 Å². The fourth-order valence-corrected chi connectivity index (χ4v) is 2.30. The zero-order chi connectivity index (χ0) is 14.1. The largest absolute Gasteiger partial charge is 0.353 e. The predicted molar refractivity (Wildman–Crippen MR) is 83.1 cm³/mol. The van der Waals surface area contributed by atoms with Crippen molar-refractivity contribution in [1.82, 2.24) is 15.5 Å². The molecule has 1 rings (SSSR count). The molecule has 2 amide bonds. The van der Waals surface area contributed by atoms with E-state index in [1.165, 1.54) is 0 Å². The molecule has 1 aliphatic heterocycles. The lowest BCUT2D eigenvalue weighted by atomic mass is 10.1. The number of hydrogen-bond acceptors (Lipinski definition) is 3. The van der Waals surface area contributed by atoms with Gasteiger partial charge in [-0.3, -0.25) is 9.59 Å². The maximum absolute atomic E-state index is 11.9. The van der Waals surface area contributed by atoms with Gasteiger partial charge in [0.25, 0.3) is 0 Å². The molecule has 1 fully saturated rings. The summed E-state index contributed by atoms with van der Waals surface area (Å²) in [6.07, 6.45) is 4.83. The molecule has 1 saturated heterocycles. The lowest BCUT2D eigenvalue weighted by Gasteiger charge is -2.24. The van der Waals surface area contributed by atoms with E-state index in [2.05, 4.69) is 10.6 Å². The Labute approximate surface area is 128 Å². The van der Waals surface area contributed by atoms with Crippen LogP contribution in [0.2, 0.25) is 0 Å². The number of halogens is 1. The highest BCUT2D eigenvalue weighted by Crippen LogP contribution is 2.11. The molecule has 0 spiro atoms. The first-order chi connectivity index (χ1) is 9.13. The molecule has 0 aromatic rings. The highest BCUT2D eigenvalue weighted by Gasteiger charge is 2.18. The van der Waals surface area contributed by atoms with Gasteiger partial charge in [-0.15, -0.1) is 12.4 Å². The van der Waals surface area contributed by atoms with Crippen LogP contribution in [-0.4, -0.2) is 48.9 Å². The van der Waals surface area contributed by atoms with Gasteiger partial charge in [-0.2, -0.15) is 0 Å². The molecule has 1 heterocycles. The van der Waals surface area contributed by atoms with Gasteiger partial charge >= 0.3 is 0 Å². The molecule has 118 valence electrons. The van der Waals surface area contributed by atoms with E-state index in [9.17, 15) is 9.59 Å². The number of nitrogens with zero attached hydrogens (tertiary/aromatic N) is 1. The maximum Gasteiger partial charge on any atom is 0.239 e. The van der Waals surface area contributed by atoms with Gasteiger partial charge in [0.05, 0.1) is 6.54 Å². The van der Waals surface area contributed by atoms with Crippen LogP contribution >= 0.6 is 12.4 Å². The molecule has 20 heavy (non-hydrogen) atoms. The van der Waals surface area contributed by atoms with Gasteiger partial charge in [-0.25, -0.2) is 0 Å². The highest BCUT2D eigenvalue weighted by atomic mass is 35.5. The molecule has 6 heteroatoms. The molecule has 0 radical (unpaired) electrons. The molecule has 0 aromatic heterocycles. The van der Waals surface area contributed by atoms with Gasteiger partial charge in [0.1, 0.15) is 0 Å². The van der Waals surface area contributed by atoms with Crippen molar-refractivity contribution in [2.24, 2.45) is 0 Å². The third kappa shape index (κ3) is 7.70. The topological polar surface area (TPSA) is 61.4 Å². The second-order valence-corrected chi connectivity index (χ2v) is 5.24. The Morgan fingerprint density at radius 1 is 1.30 bits per heavy atom. The average molecular weight is 306 g/mol. The first-order valence-electron chi connectivity index (χ1n) is 7.41. The van der Waals surface area contributed by atoms with Gasteiger partial charge in [0, 0.05) is 25.6 Å². The summed E-state index contributed by atoms with van der Waals surface area (Å²) in [6.45, 7) is 6.49. The Morgan fingerprint density at radius 2 is 2.00 bits per heavy atom. The molecular formula is C14H28ClN3O2. The smallest absolute Gasteiger partial charge is 0.239 e. The zero-order valence-corrected chi connectivity index (χ0v) is 13.4. The number of rotatable bonds is 6. The average Bonchev–Trinajstić information content (AvgIpc) is 2.36. The van der Waals surface area contributed by atoms with Gasteiger partial charge in [-0.05, 0) is 26.3 Å². The molecule has 1 aliphatic rings. The summed E-state index contributed by atoms with van der Waals surface area (Å²) in [6, 6.07) is 0.261. The maximum atomic E-state index is 11.9.